The van der Waals surface area contributed by atoms with Crippen molar-refractivity contribution in [3.8, 4) is 11.1 Å². The standard InChI is InChI=1S/C28H21Br.C3H6/c1-27(2)23-13-7-8-14-25(23)28(26-17-18(29)15-16-24(26)27)21-11-5-3-9-19(21)20-10-4-6-12-22(20)28;1-3-2/h3-17H,1-2H3;3H,1H2,2H3. The second-order valence-electron chi connectivity index (χ2n) is 9.11. The van der Waals surface area contributed by atoms with E-state index in [-0.39, 0.29) is 10.8 Å². The highest BCUT2D eigenvalue weighted by atomic mass is 79.9. The van der Waals surface area contributed by atoms with E-state index in [0.717, 1.165) is 4.47 Å². The number of hydrogen-bond acceptors (Lipinski definition) is 0. The molecule has 6 rings (SSSR count). The molecule has 0 nitrogen and oxygen atoms in total. The highest BCUT2D eigenvalue weighted by Gasteiger charge is 2.53. The molecule has 1 spiro atoms. The van der Waals surface area contributed by atoms with Crippen LogP contribution < -0.4 is 0 Å². The molecule has 0 amide bonds. The van der Waals surface area contributed by atoms with Crippen molar-refractivity contribution in [3.05, 3.63) is 142 Å². The van der Waals surface area contributed by atoms with Crippen molar-refractivity contribution in [1.29, 1.82) is 0 Å². The van der Waals surface area contributed by atoms with E-state index in [1.165, 1.54) is 44.5 Å². The van der Waals surface area contributed by atoms with Gasteiger partial charge in [0.1, 0.15) is 0 Å². The average molecular weight is 479 g/mol. The summed E-state index contributed by atoms with van der Waals surface area (Å²) in [5.74, 6) is 0. The number of rotatable bonds is 0. The highest BCUT2D eigenvalue weighted by Crippen LogP contribution is 2.62. The number of fused-ring (bicyclic) bond motifs is 9. The predicted molar refractivity (Wildman–Crippen MR) is 139 cm³/mol. The third-order valence-electron chi connectivity index (χ3n) is 7.02. The van der Waals surface area contributed by atoms with Crippen molar-refractivity contribution in [2.24, 2.45) is 0 Å². The molecule has 0 unspecified atom stereocenters. The molecule has 0 radical (unpaired) electrons. The summed E-state index contributed by atoms with van der Waals surface area (Å²) in [5.41, 5.74) is 10.8. The minimum Gasteiger partial charge on any atom is -0.103 e. The monoisotopic (exact) mass is 478 g/mol. The van der Waals surface area contributed by atoms with Gasteiger partial charge in [-0.25, -0.2) is 0 Å². The molecule has 2 aliphatic carbocycles. The molecule has 2 aliphatic rings. The molecule has 0 atom stereocenters. The lowest BCUT2D eigenvalue weighted by atomic mass is 9.55. The first-order chi connectivity index (χ1) is 15.5. The van der Waals surface area contributed by atoms with E-state index in [9.17, 15) is 0 Å². The van der Waals surface area contributed by atoms with Crippen LogP contribution in [0.25, 0.3) is 11.1 Å². The highest BCUT2D eigenvalue weighted by molar-refractivity contribution is 9.10. The predicted octanol–water partition coefficient (Wildman–Crippen LogP) is 8.64. The molecule has 4 aromatic carbocycles. The smallest absolute Gasteiger partial charge is 0.0719 e. The van der Waals surface area contributed by atoms with Gasteiger partial charge in [0, 0.05) is 9.89 Å². The molecule has 158 valence electrons. The summed E-state index contributed by atoms with van der Waals surface area (Å²) in [4.78, 5) is 0. The summed E-state index contributed by atoms with van der Waals surface area (Å²) in [6, 6.07) is 33.8. The van der Waals surface area contributed by atoms with E-state index >= 15 is 0 Å². The molecule has 0 N–H and O–H groups in total. The van der Waals surface area contributed by atoms with E-state index in [1.807, 2.05) is 6.92 Å². The van der Waals surface area contributed by atoms with Crippen LogP contribution in [0.15, 0.2) is 108 Å². The van der Waals surface area contributed by atoms with Gasteiger partial charge < -0.3 is 0 Å². The lowest BCUT2D eigenvalue weighted by Crippen LogP contribution is -2.40. The van der Waals surface area contributed by atoms with Gasteiger partial charge in [-0.05, 0) is 63.6 Å². The molecular weight excluding hydrogens is 452 g/mol. The van der Waals surface area contributed by atoms with Crippen molar-refractivity contribution >= 4 is 15.9 Å². The van der Waals surface area contributed by atoms with Gasteiger partial charge in [-0.3, -0.25) is 0 Å². The molecule has 0 saturated carbocycles. The van der Waals surface area contributed by atoms with E-state index in [1.54, 1.807) is 6.08 Å². The average Bonchev–Trinajstić information content (AvgIpc) is 3.10. The fourth-order valence-electron chi connectivity index (χ4n) is 5.83. The van der Waals surface area contributed by atoms with Crippen molar-refractivity contribution in [3.63, 3.8) is 0 Å². The lowest BCUT2D eigenvalue weighted by molar-refractivity contribution is 0.563. The maximum Gasteiger partial charge on any atom is 0.0719 e. The van der Waals surface area contributed by atoms with Crippen LogP contribution in [-0.4, -0.2) is 0 Å². The molecule has 4 aromatic rings. The van der Waals surface area contributed by atoms with Gasteiger partial charge in [0.25, 0.3) is 0 Å². The quantitative estimate of drug-likeness (QED) is 0.195. The van der Waals surface area contributed by atoms with Crippen LogP contribution in [0.1, 0.15) is 54.2 Å². The second-order valence-corrected chi connectivity index (χ2v) is 10.0. The van der Waals surface area contributed by atoms with Gasteiger partial charge in [0.05, 0.1) is 5.41 Å². The van der Waals surface area contributed by atoms with E-state index in [2.05, 4.69) is 127 Å². The minimum absolute atomic E-state index is 0.0512. The van der Waals surface area contributed by atoms with Gasteiger partial charge in [0.2, 0.25) is 0 Å². The van der Waals surface area contributed by atoms with Crippen molar-refractivity contribution in [2.75, 3.05) is 0 Å². The Morgan fingerprint density at radius 1 is 0.625 bits per heavy atom. The third-order valence-corrected chi connectivity index (χ3v) is 7.51. The van der Waals surface area contributed by atoms with Gasteiger partial charge in [-0.2, -0.15) is 0 Å². The largest absolute Gasteiger partial charge is 0.103 e. The number of hydrogen-bond donors (Lipinski definition) is 0. The van der Waals surface area contributed by atoms with Gasteiger partial charge in [-0.15, -0.1) is 6.58 Å². The Hall–Kier alpha value is -2.90. The Morgan fingerprint density at radius 3 is 1.62 bits per heavy atom. The van der Waals surface area contributed by atoms with Gasteiger partial charge >= 0.3 is 0 Å². The fraction of sp³-hybridized carbons (Fsp3) is 0.161. The Balaban J connectivity index is 0.000000684. The summed E-state index contributed by atoms with van der Waals surface area (Å²) in [6.45, 7) is 9.97. The van der Waals surface area contributed by atoms with E-state index < -0.39 is 0 Å². The van der Waals surface area contributed by atoms with Crippen LogP contribution in [-0.2, 0) is 10.8 Å². The molecule has 0 aromatic heterocycles. The van der Waals surface area contributed by atoms with E-state index in [4.69, 9.17) is 0 Å². The number of benzene rings is 4. The third kappa shape index (κ3) is 2.67. The zero-order valence-corrected chi connectivity index (χ0v) is 20.4. The summed E-state index contributed by atoms with van der Waals surface area (Å²) < 4.78 is 1.13. The van der Waals surface area contributed by atoms with Crippen LogP contribution >= 0.6 is 15.9 Å². The SMILES string of the molecule is C=CC.CC1(C)c2ccccc2C2(c3ccccc3-c3ccccc32)c2cc(Br)ccc21. The number of halogens is 1. The van der Waals surface area contributed by atoms with Crippen molar-refractivity contribution in [2.45, 2.75) is 31.6 Å². The van der Waals surface area contributed by atoms with Crippen LogP contribution in [0.5, 0.6) is 0 Å². The Kier molecular flexibility index (Phi) is 4.98. The summed E-state index contributed by atoms with van der Waals surface area (Å²) in [5, 5.41) is 0. The normalized spacial score (nSPS) is 15.5. The first-order valence-corrected chi connectivity index (χ1v) is 11.9. The molecule has 1 heteroatoms. The zero-order chi connectivity index (χ0) is 22.5. The first-order valence-electron chi connectivity index (χ1n) is 11.1. The summed E-state index contributed by atoms with van der Waals surface area (Å²) in [7, 11) is 0. The molecule has 0 saturated heterocycles. The Morgan fingerprint density at radius 2 is 1.06 bits per heavy atom. The summed E-state index contributed by atoms with van der Waals surface area (Å²) >= 11 is 3.78. The van der Waals surface area contributed by atoms with Crippen LogP contribution in [0.2, 0.25) is 0 Å². The van der Waals surface area contributed by atoms with Crippen molar-refractivity contribution < 1.29 is 0 Å². The molecule has 0 bridgehead atoms. The number of allylic oxidation sites excluding steroid dienone is 1. The molecule has 0 fully saturated rings. The fourth-order valence-corrected chi connectivity index (χ4v) is 6.19. The summed E-state index contributed by atoms with van der Waals surface area (Å²) in [6.07, 6.45) is 1.75. The molecule has 0 aliphatic heterocycles. The Labute approximate surface area is 199 Å². The maximum absolute atomic E-state index is 3.78. The van der Waals surface area contributed by atoms with Gasteiger partial charge in [-0.1, -0.05) is 115 Å². The van der Waals surface area contributed by atoms with Crippen LogP contribution in [0.3, 0.4) is 0 Å². The second kappa shape index (κ2) is 7.60. The lowest BCUT2D eigenvalue weighted by Gasteiger charge is -2.46. The first kappa shape index (κ1) is 21.0. The van der Waals surface area contributed by atoms with Crippen LogP contribution in [0.4, 0.5) is 0 Å². The minimum atomic E-state index is -0.279. The van der Waals surface area contributed by atoms with E-state index in [0.29, 0.717) is 0 Å². The topological polar surface area (TPSA) is 0 Å². The van der Waals surface area contributed by atoms with Gasteiger partial charge in [0.15, 0.2) is 0 Å². The molecule has 0 heterocycles. The zero-order valence-electron chi connectivity index (χ0n) is 18.8. The van der Waals surface area contributed by atoms with Crippen LogP contribution in [0, 0.1) is 0 Å². The maximum atomic E-state index is 3.78. The molecular formula is C31H27Br. The van der Waals surface area contributed by atoms with Crippen molar-refractivity contribution in [1.82, 2.24) is 0 Å². The molecule has 32 heavy (non-hydrogen) atoms. The Bertz CT molecular complexity index is 1300.